The van der Waals surface area contributed by atoms with Crippen LogP contribution in [0.4, 0.5) is 0 Å². The minimum atomic E-state index is -0.621. The van der Waals surface area contributed by atoms with Gasteiger partial charge in [0.05, 0.1) is 17.5 Å². The molecule has 2 rings (SSSR count). The highest BCUT2D eigenvalue weighted by molar-refractivity contribution is 5.20. The lowest BCUT2D eigenvalue weighted by molar-refractivity contribution is 0.00130. The number of aliphatic hydroxyl groups is 1. The van der Waals surface area contributed by atoms with Crippen LogP contribution in [0.2, 0.25) is 0 Å². The van der Waals surface area contributed by atoms with E-state index >= 15 is 0 Å². The molecular formula is C13H20N2O2. The molecule has 1 aromatic rings. The molecule has 0 spiro atoms. The number of ether oxygens (including phenoxy) is 1. The lowest BCUT2D eigenvalue weighted by atomic mass is 10.0. The minimum Gasteiger partial charge on any atom is -0.489 e. The summed E-state index contributed by atoms with van der Waals surface area (Å²) in [5.41, 5.74) is 0.364. The maximum absolute atomic E-state index is 10.1. The molecule has 0 saturated heterocycles. The minimum absolute atomic E-state index is 0.375. The van der Waals surface area contributed by atoms with Gasteiger partial charge in [0.1, 0.15) is 12.4 Å². The summed E-state index contributed by atoms with van der Waals surface area (Å²) in [5, 5.41) is 13.2. The zero-order valence-corrected chi connectivity index (χ0v) is 10.3. The molecular weight excluding hydrogens is 216 g/mol. The van der Waals surface area contributed by atoms with Crippen LogP contribution in [0.25, 0.3) is 0 Å². The van der Waals surface area contributed by atoms with Crippen LogP contribution in [0.3, 0.4) is 0 Å². The van der Waals surface area contributed by atoms with Crippen molar-refractivity contribution in [1.29, 1.82) is 0 Å². The van der Waals surface area contributed by atoms with Crippen LogP contribution in [0.1, 0.15) is 31.4 Å². The quantitative estimate of drug-likeness (QED) is 0.813. The number of rotatable bonds is 5. The summed E-state index contributed by atoms with van der Waals surface area (Å²) >= 11 is 0. The largest absolute Gasteiger partial charge is 0.489 e. The summed E-state index contributed by atoms with van der Waals surface area (Å²) in [5.74, 6) is 0.727. The number of hydrogen-bond donors (Lipinski definition) is 2. The molecule has 0 bridgehead atoms. The second-order valence-electron chi connectivity index (χ2n) is 4.74. The second kappa shape index (κ2) is 5.47. The van der Waals surface area contributed by atoms with Crippen molar-refractivity contribution in [1.82, 2.24) is 10.3 Å². The molecule has 1 fully saturated rings. The van der Waals surface area contributed by atoms with Gasteiger partial charge in [-0.15, -0.1) is 0 Å². The fourth-order valence-corrected chi connectivity index (χ4v) is 2.18. The maximum atomic E-state index is 10.1. The van der Waals surface area contributed by atoms with Gasteiger partial charge in [-0.25, -0.2) is 0 Å². The van der Waals surface area contributed by atoms with Gasteiger partial charge in [0, 0.05) is 6.54 Å². The Morgan fingerprint density at radius 3 is 2.76 bits per heavy atom. The Morgan fingerprint density at radius 1 is 1.41 bits per heavy atom. The van der Waals surface area contributed by atoms with Crippen LogP contribution in [-0.4, -0.2) is 29.3 Å². The third kappa shape index (κ3) is 3.41. The fourth-order valence-electron chi connectivity index (χ4n) is 2.18. The van der Waals surface area contributed by atoms with Crippen molar-refractivity contribution < 1.29 is 9.84 Å². The normalized spacial score (nSPS) is 18.2. The number of nitrogens with one attached hydrogen (secondary N) is 1. The van der Waals surface area contributed by atoms with E-state index in [4.69, 9.17) is 4.74 Å². The standard InChI is InChI=1S/C13H20N2O2/c1-14-8-11-4-5-12(9-15-11)17-10-13(16)6-2-3-7-13/h4-5,9,14,16H,2-3,6-8,10H2,1H3. The molecule has 4 nitrogen and oxygen atoms in total. The molecule has 17 heavy (non-hydrogen) atoms. The summed E-state index contributed by atoms with van der Waals surface area (Å²) in [7, 11) is 1.89. The fraction of sp³-hybridized carbons (Fsp3) is 0.615. The Kier molecular flexibility index (Phi) is 3.97. The Balaban J connectivity index is 1.86. The average molecular weight is 236 g/mol. The first-order chi connectivity index (χ1) is 8.22. The molecule has 1 saturated carbocycles. The van der Waals surface area contributed by atoms with Gasteiger partial charge < -0.3 is 15.2 Å². The summed E-state index contributed by atoms with van der Waals surface area (Å²) in [4.78, 5) is 4.27. The molecule has 1 aliphatic carbocycles. The van der Waals surface area contributed by atoms with Gasteiger partial charge >= 0.3 is 0 Å². The smallest absolute Gasteiger partial charge is 0.137 e. The number of pyridine rings is 1. The molecule has 2 N–H and O–H groups in total. The van der Waals surface area contributed by atoms with Gasteiger partial charge in [0.15, 0.2) is 0 Å². The van der Waals surface area contributed by atoms with Crippen molar-refractivity contribution in [3.8, 4) is 5.75 Å². The van der Waals surface area contributed by atoms with E-state index in [1.54, 1.807) is 6.20 Å². The third-order valence-electron chi connectivity index (χ3n) is 3.20. The van der Waals surface area contributed by atoms with E-state index in [0.717, 1.165) is 43.7 Å². The SMILES string of the molecule is CNCc1ccc(OCC2(O)CCCC2)cn1. The first-order valence-electron chi connectivity index (χ1n) is 6.17. The third-order valence-corrected chi connectivity index (χ3v) is 3.20. The summed E-state index contributed by atoms with van der Waals surface area (Å²) in [6, 6.07) is 3.84. The van der Waals surface area contributed by atoms with E-state index in [1.807, 2.05) is 19.2 Å². The molecule has 0 amide bonds. The van der Waals surface area contributed by atoms with Crippen LogP contribution >= 0.6 is 0 Å². The second-order valence-corrected chi connectivity index (χ2v) is 4.74. The van der Waals surface area contributed by atoms with E-state index in [1.165, 1.54) is 0 Å². The number of aromatic nitrogens is 1. The summed E-state index contributed by atoms with van der Waals surface area (Å²) in [6.07, 6.45) is 5.60. The van der Waals surface area contributed by atoms with Crippen molar-refractivity contribution in [3.05, 3.63) is 24.0 Å². The summed E-state index contributed by atoms with van der Waals surface area (Å²) in [6.45, 7) is 1.13. The lowest BCUT2D eigenvalue weighted by Gasteiger charge is -2.22. The lowest BCUT2D eigenvalue weighted by Crippen LogP contribution is -2.32. The first-order valence-corrected chi connectivity index (χ1v) is 6.17. The van der Waals surface area contributed by atoms with E-state index in [9.17, 15) is 5.11 Å². The zero-order valence-electron chi connectivity index (χ0n) is 10.3. The molecule has 0 atom stereocenters. The topological polar surface area (TPSA) is 54.4 Å². The highest BCUT2D eigenvalue weighted by Crippen LogP contribution is 2.29. The van der Waals surface area contributed by atoms with Gasteiger partial charge in [-0.1, -0.05) is 12.8 Å². The predicted molar refractivity (Wildman–Crippen MR) is 65.9 cm³/mol. The van der Waals surface area contributed by atoms with Crippen LogP contribution in [0.15, 0.2) is 18.3 Å². The van der Waals surface area contributed by atoms with E-state index in [2.05, 4.69) is 10.3 Å². The number of hydrogen-bond acceptors (Lipinski definition) is 4. The van der Waals surface area contributed by atoms with E-state index in [0.29, 0.717) is 6.61 Å². The molecule has 0 aromatic carbocycles. The van der Waals surface area contributed by atoms with E-state index < -0.39 is 5.60 Å². The Hall–Kier alpha value is -1.13. The van der Waals surface area contributed by atoms with Gasteiger partial charge in [-0.05, 0) is 32.0 Å². The molecule has 1 aromatic heterocycles. The van der Waals surface area contributed by atoms with Crippen molar-refractivity contribution in [3.63, 3.8) is 0 Å². The average Bonchev–Trinajstić information content (AvgIpc) is 2.76. The highest BCUT2D eigenvalue weighted by atomic mass is 16.5. The molecule has 1 heterocycles. The maximum Gasteiger partial charge on any atom is 0.137 e. The van der Waals surface area contributed by atoms with Crippen molar-refractivity contribution in [2.75, 3.05) is 13.7 Å². The molecule has 94 valence electrons. The molecule has 0 radical (unpaired) electrons. The van der Waals surface area contributed by atoms with Crippen LogP contribution in [0.5, 0.6) is 5.75 Å². The van der Waals surface area contributed by atoms with E-state index in [-0.39, 0.29) is 0 Å². The molecule has 1 aliphatic rings. The predicted octanol–water partition coefficient (Wildman–Crippen LogP) is 1.48. The van der Waals surface area contributed by atoms with Gasteiger partial charge in [-0.2, -0.15) is 0 Å². The first kappa shape index (κ1) is 12.3. The zero-order chi connectivity index (χ0) is 12.1. The van der Waals surface area contributed by atoms with Crippen LogP contribution in [-0.2, 0) is 6.54 Å². The van der Waals surface area contributed by atoms with Crippen LogP contribution in [0, 0.1) is 0 Å². The molecule has 0 aliphatic heterocycles. The molecule has 4 heteroatoms. The van der Waals surface area contributed by atoms with Crippen molar-refractivity contribution in [2.45, 2.75) is 37.8 Å². The monoisotopic (exact) mass is 236 g/mol. The van der Waals surface area contributed by atoms with Gasteiger partial charge in [0.2, 0.25) is 0 Å². The molecule has 0 unspecified atom stereocenters. The Morgan fingerprint density at radius 2 is 2.18 bits per heavy atom. The highest BCUT2D eigenvalue weighted by Gasteiger charge is 2.31. The van der Waals surface area contributed by atoms with Gasteiger partial charge in [-0.3, -0.25) is 4.98 Å². The Labute approximate surface area is 102 Å². The summed E-state index contributed by atoms with van der Waals surface area (Å²) < 4.78 is 5.59. The van der Waals surface area contributed by atoms with Crippen molar-refractivity contribution in [2.24, 2.45) is 0 Å². The number of nitrogens with zero attached hydrogens (tertiary/aromatic N) is 1. The van der Waals surface area contributed by atoms with Gasteiger partial charge in [0.25, 0.3) is 0 Å². The Bertz CT molecular complexity index is 345. The van der Waals surface area contributed by atoms with Crippen LogP contribution < -0.4 is 10.1 Å². The van der Waals surface area contributed by atoms with Crippen molar-refractivity contribution >= 4 is 0 Å².